The fraction of sp³-hybridized carbons (Fsp3) is 0.200. The van der Waals surface area contributed by atoms with Crippen molar-refractivity contribution in [1.82, 2.24) is 0 Å². The van der Waals surface area contributed by atoms with Gasteiger partial charge in [0.05, 0.1) is 23.5 Å². The first kappa shape index (κ1) is 16.0. The number of hydrogen-bond donors (Lipinski definition) is 1. The van der Waals surface area contributed by atoms with Crippen LogP contribution in [0.25, 0.3) is 0 Å². The van der Waals surface area contributed by atoms with Gasteiger partial charge < -0.3 is 15.2 Å². The van der Waals surface area contributed by atoms with Crippen molar-refractivity contribution in [1.29, 1.82) is 5.26 Å². The summed E-state index contributed by atoms with van der Waals surface area (Å²) in [7, 11) is 1.17. The molecule has 1 aromatic rings. The molecule has 0 bridgehead atoms. The highest BCUT2D eigenvalue weighted by atomic mass is 16.6. The van der Waals surface area contributed by atoms with Gasteiger partial charge in [0.25, 0.3) is 5.69 Å². The molecule has 23 heavy (non-hydrogen) atoms. The van der Waals surface area contributed by atoms with Gasteiger partial charge in [-0.15, -0.1) is 0 Å². The number of nitro benzene ring substituents is 1. The number of nitro groups is 1. The van der Waals surface area contributed by atoms with E-state index < -0.39 is 16.8 Å². The third-order valence-corrected chi connectivity index (χ3v) is 3.46. The summed E-state index contributed by atoms with van der Waals surface area (Å²) in [5.74, 6) is -1.83. The highest BCUT2D eigenvalue weighted by Crippen LogP contribution is 2.42. The molecule has 0 aromatic heterocycles. The van der Waals surface area contributed by atoms with Crippen LogP contribution in [0.5, 0.6) is 0 Å². The van der Waals surface area contributed by atoms with Crippen LogP contribution in [-0.4, -0.2) is 18.0 Å². The van der Waals surface area contributed by atoms with Crippen molar-refractivity contribution in [3.05, 3.63) is 62.7 Å². The van der Waals surface area contributed by atoms with Crippen LogP contribution >= 0.6 is 0 Å². The summed E-state index contributed by atoms with van der Waals surface area (Å²) in [5.41, 5.74) is 5.58. The molecular weight excluding hydrogens is 302 g/mol. The molecule has 0 spiro atoms. The fourth-order valence-corrected chi connectivity index (χ4v) is 2.46. The summed E-state index contributed by atoms with van der Waals surface area (Å²) in [6.07, 6.45) is 0. The molecule has 0 amide bonds. The normalized spacial score (nSPS) is 17.3. The molecule has 8 nitrogen and oxygen atoms in total. The van der Waals surface area contributed by atoms with Crippen LogP contribution in [0.1, 0.15) is 18.4 Å². The summed E-state index contributed by atoms with van der Waals surface area (Å²) in [6.45, 7) is 1.48. The number of nitrogens with two attached hydrogens (primary N) is 1. The maximum Gasteiger partial charge on any atom is 0.338 e. The van der Waals surface area contributed by atoms with E-state index >= 15 is 0 Å². The van der Waals surface area contributed by atoms with E-state index in [1.165, 1.54) is 32.2 Å². The second-order valence-electron chi connectivity index (χ2n) is 4.70. The van der Waals surface area contributed by atoms with E-state index in [0.29, 0.717) is 0 Å². The van der Waals surface area contributed by atoms with Gasteiger partial charge in [-0.1, -0.05) is 18.2 Å². The molecule has 118 valence electrons. The number of allylic oxidation sites excluding steroid dienone is 2. The number of methoxy groups -OCH3 is 1. The molecule has 1 heterocycles. The topological polar surface area (TPSA) is 128 Å². The van der Waals surface area contributed by atoms with E-state index in [9.17, 15) is 20.2 Å². The van der Waals surface area contributed by atoms with Crippen molar-refractivity contribution >= 4 is 11.7 Å². The summed E-state index contributed by atoms with van der Waals surface area (Å²) < 4.78 is 9.94. The van der Waals surface area contributed by atoms with Crippen molar-refractivity contribution in [2.75, 3.05) is 7.11 Å². The highest BCUT2D eigenvalue weighted by Gasteiger charge is 2.39. The van der Waals surface area contributed by atoms with Gasteiger partial charge in [-0.3, -0.25) is 10.1 Å². The zero-order valence-electron chi connectivity index (χ0n) is 12.4. The van der Waals surface area contributed by atoms with E-state index in [2.05, 4.69) is 0 Å². The molecular formula is C15H13N3O5. The maximum absolute atomic E-state index is 12.1. The molecule has 1 aliphatic heterocycles. The van der Waals surface area contributed by atoms with E-state index in [0.717, 1.165) is 0 Å². The number of carbonyl (C=O) groups is 1. The van der Waals surface area contributed by atoms with Crippen LogP contribution in [0.3, 0.4) is 0 Å². The number of esters is 1. The van der Waals surface area contributed by atoms with Crippen molar-refractivity contribution in [3.8, 4) is 6.07 Å². The Hall–Kier alpha value is -3.34. The number of benzene rings is 1. The SMILES string of the molecule is COC(=O)C1=C(C)OC(N)=C(C#N)[C@@H]1c1ccccc1[N+](=O)[O-]. The Morgan fingerprint density at radius 2 is 2.13 bits per heavy atom. The van der Waals surface area contributed by atoms with Gasteiger partial charge in [-0.25, -0.2) is 4.79 Å². The predicted molar refractivity (Wildman–Crippen MR) is 78.5 cm³/mol. The Kier molecular flexibility index (Phi) is 4.32. The summed E-state index contributed by atoms with van der Waals surface area (Å²) >= 11 is 0. The van der Waals surface area contributed by atoms with Gasteiger partial charge in [0.1, 0.15) is 17.4 Å². The Morgan fingerprint density at radius 3 is 2.70 bits per heavy atom. The van der Waals surface area contributed by atoms with Gasteiger partial charge >= 0.3 is 5.97 Å². The van der Waals surface area contributed by atoms with Gasteiger partial charge in [0, 0.05) is 11.6 Å². The summed E-state index contributed by atoms with van der Waals surface area (Å²) in [5, 5.41) is 20.6. The number of nitrogens with zero attached hydrogens (tertiary/aromatic N) is 2. The third kappa shape index (κ3) is 2.72. The molecule has 0 fully saturated rings. The molecule has 0 saturated carbocycles. The number of carbonyl (C=O) groups excluding carboxylic acids is 1. The van der Waals surface area contributed by atoms with Crippen LogP contribution in [-0.2, 0) is 14.3 Å². The second kappa shape index (κ2) is 6.19. The number of para-hydroxylation sites is 1. The predicted octanol–water partition coefficient (Wildman–Crippen LogP) is 1.85. The standard InChI is InChI=1S/C15H13N3O5/c1-8-12(15(19)22-2)13(10(7-16)14(17)23-8)9-5-3-4-6-11(9)18(20)21/h3-6,13H,17H2,1-2H3/t13-/m0/s1. The second-order valence-corrected chi connectivity index (χ2v) is 4.70. The average Bonchev–Trinajstić information content (AvgIpc) is 2.53. The average molecular weight is 315 g/mol. The summed E-state index contributed by atoms with van der Waals surface area (Å²) in [4.78, 5) is 22.8. The lowest BCUT2D eigenvalue weighted by Gasteiger charge is -2.26. The Bertz CT molecular complexity index is 789. The van der Waals surface area contributed by atoms with E-state index in [1.54, 1.807) is 6.07 Å². The molecule has 8 heteroatoms. The smallest absolute Gasteiger partial charge is 0.338 e. The monoisotopic (exact) mass is 315 g/mol. The Balaban J connectivity index is 2.77. The van der Waals surface area contributed by atoms with Crippen LogP contribution in [0, 0.1) is 21.4 Å². The zero-order valence-corrected chi connectivity index (χ0v) is 12.4. The van der Waals surface area contributed by atoms with Gasteiger partial charge in [-0.05, 0) is 6.92 Å². The van der Waals surface area contributed by atoms with Crippen molar-refractivity contribution < 1.29 is 19.2 Å². The first-order valence-corrected chi connectivity index (χ1v) is 6.52. The number of ether oxygens (including phenoxy) is 2. The fourth-order valence-electron chi connectivity index (χ4n) is 2.46. The molecule has 2 rings (SSSR count). The van der Waals surface area contributed by atoms with Crippen LogP contribution in [0.2, 0.25) is 0 Å². The maximum atomic E-state index is 12.1. The minimum absolute atomic E-state index is 0.00699. The minimum atomic E-state index is -1.03. The van der Waals surface area contributed by atoms with Crippen molar-refractivity contribution in [3.63, 3.8) is 0 Å². The summed E-state index contributed by atoms with van der Waals surface area (Å²) in [6, 6.07) is 7.69. The largest absolute Gasteiger partial charge is 0.466 e. The lowest BCUT2D eigenvalue weighted by Crippen LogP contribution is -2.25. The van der Waals surface area contributed by atoms with Gasteiger partial charge in [0.15, 0.2) is 0 Å². The number of rotatable bonds is 3. The van der Waals surface area contributed by atoms with Crippen molar-refractivity contribution in [2.45, 2.75) is 12.8 Å². The lowest BCUT2D eigenvalue weighted by molar-refractivity contribution is -0.385. The van der Waals surface area contributed by atoms with Crippen LogP contribution in [0.4, 0.5) is 5.69 Å². The first-order chi connectivity index (χ1) is 10.9. The molecule has 1 aliphatic rings. The van der Waals surface area contributed by atoms with Crippen molar-refractivity contribution in [2.24, 2.45) is 5.73 Å². The zero-order chi connectivity index (χ0) is 17.1. The number of nitriles is 1. The molecule has 1 aromatic carbocycles. The quantitative estimate of drug-likeness (QED) is 0.512. The number of hydrogen-bond acceptors (Lipinski definition) is 7. The van der Waals surface area contributed by atoms with E-state index in [1.807, 2.05) is 6.07 Å². The molecule has 2 N–H and O–H groups in total. The molecule has 0 unspecified atom stereocenters. The Morgan fingerprint density at radius 1 is 1.48 bits per heavy atom. The molecule has 1 atom stereocenters. The Labute approximate surface area is 131 Å². The van der Waals surface area contributed by atoms with Crippen LogP contribution < -0.4 is 5.73 Å². The highest BCUT2D eigenvalue weighted by molar-refractivity contribution is 5.92. The van der Waals surface area contributed by atoms with E-state index in [4.69, 9.17) is 15.2 Å². The lowest BCUT2D eigenvalue weighted by atomic mass is 9.82. The van der Waals surface area contributed by atoms with E-state index in [-0.39, 0.29) is 34.0 Å². The van der Waals surface area contributed by atoms with Crippen LogP contribution in [0.15, 0.2) is 47.1 Å². The molecule has 0 radical (unpaired) electrons. The minimum Gasteiger partial charge on any atom is -0.466 e. The van der Waals surface area contributed by atoms with Gasteiger partial charge in [-0.2, -0.15) is 5.26 Å². The van der Waals surface area contributed by atoms with Gasteiger partial charge in [0.2, 0.25) is 5.88 Å². The molecule has 0 aliphatic carbocycles. The molecule has 0 saturated heterocycles. The first-order valence-electron chi connectivity index (χ1n) is 6.52. The third-order valence-electron chi connectivity index (χ3n) is 3.46.